The van der Waals surface area contributed by atoms with Crippen LogP contribution in [0.15, 0.2) is 42.0 Å². The Labute approximate surface area is 184 Å². The van der Waals surface area contributed by atoms with Gasteiger partial charge in [0, 0.05) is 55.8 Å². The number of anilines is 1. The van der Waals surface area contributed by atoms with Gasteiger partial charge in [-0.25, -0.2) is 9.97 Å². The molecule has 6 nitrogen and oxygen atoms in total. The van der Waals surface area contributed by atoms with Crippen LogP contribution in [0, 0.1) is 0 Å². The zero-order chi connectivity index (χ0) is 20.7. The van der Waals surface area contributed by atoms with E-state index in [0.717, 1.165) is 53.5 Å². The minimum Gasteiger partial charge on any atom is -0.369 e. The van der Waals surface area contributed by atoms with Crippen LogP contribution >= 0.6 is 22.9 Å². The third kappa shape index (κ3) is 3.50. The molecule has 1 aliphatic carbocycles. The second-order valence-corrected chi connectivity index (χ2v) is 9.52. The van der Waals surface area contributed by atoms with Crippen LogP contribution in [-0.4, -0.2) is 52.9 Å². The first-order valence-corrected chi connectivity index (χ1v) is 11.5. The summed E-state index contributed by atoms with van der Waals surface area (Å²) >= 11 is 7.63. The van der Waals surface area contributed by atoms with Gasteiger partial charge < -0.3 is 10.6 Å². The molecule has 0 spiro atoms. The SMILES string of the molecule is N[C@]1(c2ncnc3ccsc23)CC(=O)CCC1N1CCN(c2ccc(Cl)cc2)CC1. The van der Waals surface area contributed by atoms with Gasteiger partial charge in [-0.2, -0.15) is 0 Å². The molecule has 156 valence electrons. The first-order chi connectivity index (χ1) is 14.5. The smallest absolute Gasteiger partial charge is 0.135 e. The van der Waals surface area contributed by atoms with Gasteiger partial charge in [-0.1, -0.05) is 11.6 Å². The minimum atomic E-state index is -0.788. The molecule has 1 aliphatic heterocycles. The summed E-state index contributed by atoms with van der Waals surface area (Å²) in [7, 11) is 0. The highest BCUT2D eigenvalue weighted by Gasteiger charge is 2.47. The number of ketones is 1. The Bertz CT molecular complexity index is 1060. The number of hydrogen-bond acceptors (Lipinski definition) is 7. The van der Waals surface area contributed by atoms with Crippen LogP contribution in [0.5, 0.6) is 0 Å². The third-order valence-electron chi connectivity index (χ3n) is 6.41. The molecule has 8 heteroatoms. The second kappa shape index (κ2) is 7.89. The Hall–Kier alpha value is -2.06. The molecule has 2 aliphatic rings. The predicted molar refractivity (Wildman–Crippen MR) is 121 cm³/mol. The van der Waals surface area contributed by atoms with Crippen molar-refractivity contribution in [1.82, 2.24) is 14.9 Å². The number of hydrogen-bond donors (Lipinski definition) is 1. The number of thiophene rings is 1. The van der Waals surface area contributed by atoms with Crippen molar-refractivity contribution >= 4 is 44.6 Å². The van der Waals surface area contributed by atoms with E-state index in [1.807, 2.05) is 23.6 Å². The number of Topliss-reactive ketones (excluding diaryl/α,β-unsaturated/α-hetero) is 1. The van der Waals surface area contributed by atoms with Crippen LogP contribution in [0.2, 0.25) is 5.02 Å². The number of aromatic nitrogens is 2. The van der Waals surface area contributed by atoms with Gasteiger partial charge in [-0.15, -0.1) is 11.3 Å². The molecule has 0 radical (unpaired) electrons. The molecular formula is C22H24ClN5OS. The van der Waals surface area contributed by atoms with Crippen molar-refractivity contribution in [2.45, 2.75) is 30.8 Å². The number of fused-ring (bicyclic) bond motifs is 1. The number of carbonyl (C=O) groups excluding carboxylic acids is 1. The van der Waals surface area contributed by atoms with Crippen LogP contribution in [0.1, 0.15) is 25.0 Å². The van der Waals surface area contributed by atoms with Gasteiger partial charge in [0.15, 0.2) is 0 Å². The Morgan fingerprint density at radius 2 is 1.87 bits per heavy atom. The van der Waals surface area contributed by atoms with E-state index in [1.165, 1.54) is 5.69 Å². The second-order valence-electron chi connectivity index (χ2n) is 8.17. The average Bonchev–Trinajstić information content (AvgIpc) is 3.23. The number of piperazine rings is 1. The molecule has 2 aromatic heterocycles. The van der Waals surface area contributed by atoms with E-state index in [0.29, 0.717) is 12.8 Å². The topological polar surface area (TPSA) is 75.3 Å². The Kier molecular flexibility index (Phi) is 5.23. The standard InChI is InChI=1S/C22H24ClN5OS/c23-15-1-3-16(4-2-15)27-8-10-28(11-9-27)19-6-5-17(29)13-22(19,24)21-20-18(7-12-30-20)25-14-26-21/h1-4,7,12,14,19H,5-6,8-11,13,24H2/t19?,22-/m1/s1. The fourth-order valence-electron chi connectivity index (χ4n) is 4.90. The van der Waals surface area contributed by atoms with Crippen molar-refractivity contribution < 1.29 is 4.79 Å². The number of benzene rings is 1. The number of carbonyl (C=O) groups is 1. The largest absolute Gasteiger partial charge is 0.369 e. The fraction of sp³-hybridized carbons (Fsp3) is 0.409. The molecular weight excluding hydrogens is 418 g/mol. The molecule has 3 aromatic rings. The molecule has 2 atom stereocenters. The summed E-state index contributed by atoms with van der Waals surface area (Å²) in [6, 6.07) is 10.1. The van der Waals surface area contributed by atoms with Crippen molar-refractivity contribution in [3.05, 3.63) is 52.8 Å². The molecule has 5 rings (SSSR count). The van der Waals surface area contributed by atoms with Gasteiger partial charge in [-0.05, 0) is 42.1 Å². The van der Waals surface area contributed by atoms with Crippen molar-refractivity contribution in [3.8, 4) is 0 Å². The first-order valence-electron chi connectivity index (χ1n) is 10.3. The van der Waals surface area contributed by atoms with Crippen molar-refractivity contribution in [2.75, 3.05) is 31.1 Å². The van der Waals surface area contributed by atoms with E-state index < -0.39 is 5.54 Å². The van der Waals surface area contributed by atoms with E-state index in [1.54, 1.807) is 17.7 Å². The highest BCUT2D eigenvalue weighted by molar-refractivity contribution is 7.17. The summed E-state index contributed by atoms with van der Waals surface area (Å²) in [4.78, 5) is 26.3. The molecule has 1 unspecified atom stereocenters. The maximum Gasteiger partial charge on any atom is 0.135 e. The van der Waals surface area contributed by atoms with Crippen LogP contribution in [0.3, 0.4) is 0 Å². The maximum atomic E-state index is 12.5. The van der Waals surface area contributed by atoms with Crippen LogP contribution in [-0.2, 0) is 10.3 Å². The van der Waals surface area contributed by atoms with Gasteiger partial charge >= 0.3 is 0 Å². The molecule has 1 aromatic carbocycles. The number of nitrogens with two attached hydrogens (primary N) is 1. The van der Waals surface area contributed by atoms with Gasteiger partial charge in [0.1, 0.15) is 12.1 Å². The number of halogens is 1. The monoisotopic (exact) mass is 441 g/mol. The highest BCUT2D eigenvalue weighted by atomic mass is 35.5. The quantitative estimate of drug-likeness (QED) is 0.671. The normalized spacial score (nSPS) is 25.7. The fourth-order valence-corrected chi connectivity index (χ4v) is 5.96. The zero-order valence-corrected chi connectivity index (χ0v) is 18.2. The minimum absolute atomic E-state index is 0.0859. The summed E-state index contributed by atoms with van der Waals surface area (Å²) in [6.45, 7) is 3.64. The number of nitrogens with zero attached hydrogens (tertiary/aromatic N) is 4. The predicted octanol–water partition coefficient (Wildman–Crippen LogP) is 3.44. The van der Waals surface area contributed by atoms with Crippen molar-refractivity contribution in [3.63, 3.8) is 0 Å². The van der Waals surface area contributed by atoms with E-state index in [4.69, 9.17) is 17.3 Å². The van der Waals surface area contributed by atoms with E-state index in [2.05, 4.69) is 31.9 Å². The van der Waals surface area contributed by atoms with Gasteiger partial charge in [-0.3, -0.25) is 9.69 Å². The lowest BCUT2D eigenvalue weighted by Crippen LogP contribution is -2.63. The molecule has 1 saturated heterocycles. The zero-order valence-electron chi connectivity index (χ0n) is 16.6. The maximum absolute atomic E-state index is 12.5. The lowest BCUT2D eigenvalue weighted by molar-refractivity contribution is -0.124. The molecule has 2 N–H and O–H groups in total. The third-order valence-corrected chi connectivity index (χ3v) is 7.57. The highest BCUT2D eigenvalue weighted by Crippen LogP contribution is 2.40. The molecule has 2 fully saturated rings. The van der Waals surface area contributed by atoms with Crippen molar-refractivity contribution in [1.29, 1.82) is 0 Å². The van der Waals surface area contributed by atoms with Crippen LogP contribution in [0.25, 0.3) is 10.2 Å². The van der Waals surface area contributed by atoms with Gasteiger partial charge in [0.25, 0.3) is 0 Å². The van der Waals surface area contributed by atoms with Crippen LogP contribution < -0.4 is 10.6 Å². The molecule has 0 bridgehead atoms. The van der Waals surface area contributed by atoms with Crippen molar-refractivity contribution in [2.24, 2.45) is 5.73 Å². The Balaban J connectivity index is 1.41. The molecule has 1 saturated carbocycles. The number of rotatable bonds is 3. The first kappa shape index (κ1) is 19.9. The summed E-state index contributed by atoms with van der Waals surface area (Å²) in [5.74, 6) is 0.219. The summed E-state index contributed by atoms with van der Waals surface area (Å²) in [5.41, 5.74) is 9.18. The molecule has 30 heavy (non-hydrogen) atoms. The van der Waals surface area contributed by atoms with E-state index in [-0.39, 0.29) is 11.8 Å². The van der Waals surface area contributed by atoms with Gasteiger partial charge in [0.05, 0.1) is 21.4 Å². The lowest BCUT2D eigenvalue weighted by atomic mass is 9.74. The van der Waals surface area contributed by atoms with E-state index >= 15 is 0 Å². The molecule has 3 heterocycles. The van der Waals surface area contributed by atoms with Crippen LogP contribution in [0.4, 0.5) is 5.69 Å². The Morgan fingerprint density at radius 1 is 1.10 bits per heavy atom. The average molecular weight is 442 g/mol. The Morgan fingerprint density at radius 3 is 2.63 bits per heavy atom. The summed E-state index contributed by atoms with van der Waals surface area (Å²) in [5, 5.41) is 2.76. The molecule has 0 amide bonds. The summed E-state index contributed by atoms with van der Waals surface area (Å²) < 4.78 is 1.000. The van der Waals surface area contributed by atoms with Gasteiger partial charge in [0.2, 0.25) is 0 Å². The summed E-state index contributed by atoms with van der Waals surface area (Å²) in [6.07, 6.45) is 3.26. The van der Waals surface area contributed by atoms with E-state index in [9.17, 15) is 4.79 Å². The lowest BCUT2D eigenvalue weighted by Gasteiger charge is -2.49.